The van der Waals surface area contributed by atoms with Crippen molar-refractivity contribution in [3.63, 3.8) is 0 Å². The van der Waals surface area contributed by atoms with Crippen LogP contribution >= 0.6 is 0 Å². The van der Waals surface area contributed by atoms with Crippen LogP contribution in [0, 0.1) is 11.7 Å². The fourth-order valence-electron chi connectivity index (χ4n) is 4.12. The number of benzene rings is 1. The Labute approximate surface area is 178 Å². The summed E-state index contributed by atoms with van der Waals surface area (Å²) in [5.74, 6) is 0.797. The molecule has 29 heavy (non-hydrogen) atoms. The van der Waals surface area contributed by atoms with Gasteiger partial charge in [0.15, 0.2) is 0 Å². The number of allylic oxidation sites excluding steroid dienone is 1. The summed E-state index contributed by atoms with van der Waals surface area (Å²) in [4.78, 5) is 10.5. The second-order valence-electron chi connectivity index (χ2n) is 8.49. The van der Waals surface area contributed by atoms with E-state index in [4.69, 9.17) is 5.73 Å². The molecule has 0 fully saturated rings. The van der Waals surface area contributed by atoms with Gasteiger partial charge in [-0.25, -0.2) is 4.39 Å². The van der Waals surface area contributed by atoms with E-state index in [1.165, 1.54) is 11.1 Å². The molecule has 3 heteroatoms. The van der Waals surface area contributed by atoms with Gasteiger partial charge in [-0.15, -0.1) is 0 Å². The molecule has 0 aliphatic carbocycles. The topological polar surface area (TPSA) is 43.1 Å². The smallest absolute Gasteiger partial charge is 0.126 e. The lowest BCUT2D eigenvalue weighted by Crippen LogP contribution is -2.07. The molecule has 0 bridgehead atoms. The molecule has 0 radical (unpaired) electrons. The molecule has 1 aromatic rings. The van der Waals surface area contributed by atoms with Crippen LogP contribution in [0.4, 0.5) is 4.39 Å². The van der Waals surface area contributed by atoms with Crippen molar-refractivity contribution in [3.8, 4) is 0 Å². The molecule has 0 saturated heterocycles. The number of aryl methyl sites for hydroxylation is 1. The highest BCUT2D eigenvalue weighted by molar-refractivity contribution is 5.49. The Balaban J connectivity index is 2.75. The summed E-state index contributed by atoms with van der Waals surface area (Å²) in [6, 6.07) is 5.67. The molecular formula is C26H42FNO. The van der Waals surface area contributed by atoms with Gasteiger partial charge >= 0.3 is 0 Å². The Morgan fingerprint density at radius 2 is 1.86 bits per heavy atom. The molecule has 0 spiro atoms. The number of carbonyl (C=O) groups is 1. The molecule has 0 heterocycles. The minimum atomic E-state index is -0.0808. The van der Waals surface area contributed by atoms with Gasteiger partial charge in [0.2, 0.25) is 0 Å². The monoisotopic (exact) mass is 403 g/mol. The third kappa shape index (κ3) is 9.60. The predicted molar refractivity (Wildman–Crippen MR) is 122 cm³/mol. The van der Waals surface area contributed by atoms with Crippen molar-refractivity contribution in [2.24, 2.45) is 11.7 Å². The van der Waals surface area contributed by atoms with E-state index in [1.807, 2.05) is 6.07 Å². The summed E-state index contributed by atoms with van der Waals surface area (Å²) < 4.78 is 14.3. The lowest BCUT2D eigenvalue weighted by atomic mass is 9.84. The Morgan fingerprint density at radius 3 is 2.52 bits per heavy atom. The maximum absolute atomic E-state index is 14.3. The first-order valence-corrected chi connectivity index (χ1v) is 11.7. The van der Waals surface area contributed by atoms with Gasteiger partial charge in [0.25, 0.3) is 0 Å². The number of carbonyl (C=O) groups excluding carboxylic acids is 1. The lowest BCUT2D eigenvalue weighted by Gasteiger charge is -2.22. The number of hydrogen-bond acceptors (Lipinski definition) is 2. The zero-order valence-electron chi connectivity index (χ0n) is 18.9. The number of unbranched alkanes of at least 4 members (excludes halogenated alkanes) is 3. The van der Waals surface area contributed by atoms with Gasteiger partial charge in [0.05, 0.1) is 0 Å². The van der Waals surface area contributed by atoms with Crippen molar-refractivity contribution in [1.82, 2.24) is 0 Å². The normalized spacial score (nSPS) is 14.0. The first-order valence-electron chi connectivity index (χ1n) is 11.7. The first kappa shape index (κ1) is 25.4. The van der Waals surface area contributed by atoms with E-state index in [-0.39, 0.29) is 11.7 Å². The second kappa shape index (κ2) is 15.2. The SMILES string of the molecule is CCCCCc1cc(C(CCC)/C(=C\N)CCCCC(C)CCC=O)ccc1F. The van der Waals surface area contributed by atoms with Crippen molar-refractivity contribution >= 4 is 6.29 Å². The average Bonchev–Trinajstić information content (AvgIpc) is 2.72. The van der Waals surface area contributed by atoms with Crippen LogP contribution in [-0.4, -0.2) is 6.29 Å². The molecule has 2 N–H and O–H groups in total. The maximum Gasteiger partial charge on any atom is 0.126 e. The summed E-state index contributed by atoms with van der Waals surface area (Å²) in [6.45, 7) is 6.59. The number of nitrogens with two attached hydrogens (primary N) is 1. The van der Waals surface area contributed by atoms with Gasteiger partial charge in [0.1, 0.15) is 12.1 Å². The van der Waals surface area contributed by atoms with Crippen LogP contribution in [0.2, 0.25) is 0 Å². The fourth-order valence-corrected chi connectivity index (χ4v) is 4.12. The molecule has 0 aromatic heterocycles. The summed E-state index contributed by atoms with van der Waals surface area (Å²) >= 11 is 0. The van der Waals surface area contributed by atoms with Crippen molar-refractivity contribution in [2.75, 3.05) is 0 Å². The highest BCUT2D eigenvalue weighted by Crippen LogP contribution is 2.33. The lowest BCUT2D eigenvalue weighted by molar-refractivity contribution is -0.108. The Morgan fingerprint density at radius 1 is 1.07 bits per heavy atom. The van der Waals surface area contributed by atoms with Crippen LogP contribution in [0.5, 0.6) is 0 Å². The summed E-state index contributed by atoms with van der Waals surface area (Å²) in [5.41, 5.74) is 9.37. The number of hydrogen-bond donors (Lipinski definition) is 1. The molecule has 164 valence electrons. The standard InChI is InChI=1S/C26H42FNO/c1-4-6-7-14-23-19-22(16-17-26(23)27)25(11-5-2)24(20-28)15-9-8-12-21(3)13-10-18-29/h16-21,25H,4-15,28H2,1-3H3/b24-20-. The highest BCUT2D eigenvalue weighted by Gasteiger charge is 2.17. The van der Waals surface area contributed by atoms with E-state index in [0.29, 0.717) is 12.3 Å². The van der Waals surface area contributed by atoms with Crippen molar-refractivity contribution < 1.29 is 9.18 Å². The van der Waals surface area contributed by atoms with Crippen LogP contribution in [-0.2, 0) is 11.2 Å². The zero-order chi connectivity index (χ0) is 21.5. The van der Waals surface area contributed by atoms with Gasteiger partial charge in [0, 0.05) is 12.3 Å². The van der Waals surface area contributed by atoms with Crippen molar-refractivity contribution in [1.29, 1.82) is 0 Å². The van der Waals surface area contributed by atoms with E-state index in [2.05, 4.69) is 26.8 Å². The molecule has 2 nitrogen and oxygen atoms in total. The van der Waals surface area contributed by atoms with Gasteiger partial charge in [-0.3, -0.25) is 0 Å². The van der Waals surface area contributed by atoms with E-state index in [1.54, 1.807) is 12.3 Å². The number of rotatable bonds is 16. The van der Waals surface area contributed by atoms with E-state index in [0.717, 1.165) is 82.5 Å². The Kier molecular flexibility index (Phi) is 13.3. The van der Waals surface area contributed by atoms with E-state index in [9.17, 15) is 9.18 Å². The van der Waals surface area contributed by atoms with Gasteiger partial charge < -0.3 is 10.5 Å². The highest BCUT2D eigenvalue weighted by atomic mass is 19.1. The molecule has 0 aliphatic rings. The van der Waals surface area contributed by atoms with Gasteiger partial charge in [-0.1, -0.05) is 65.0 Å². The molecule has 0 saturated carbocycles. The van der Waals surface area contributed by atoms with Crippen molar-refractivity contribution in [3.05, 3.63) is 46.9 Å². The Bertz CT molecular complexity index is 611. The van der Waals surface area contributed by atoms with Crippen LogP contribution in [0.25, 0.3) is 0 Å². The molecule has 1 rings (SSSR count). The third-order valence-corrected chi connectivity index (χ3v) is 5.95. The van der Waals surface area contributed by atoms with E-state index < -0.39 is 0 Å². The molecule has 0 aliphatic heterocycles. The summed E-state index contributed by atoms with van der Waals surface area (Å²) in [6.07, 6.45) is 15.1. The number of halogens is 1. The summed E-state index contributed by atoms with van der Waals surface area (Å²) in [5, 5.41) is 0. The minimum Gasteiger partial charge on any atom is -0.405 e. The molecule has 2 unspecified atom stereocenters. The number of aldehydes is 1. The van der Waals surface area contributed by atoms with Gasteiger partial charge in [-0.2, -0.15) is 0 Å². The molecule has 2 atom stereocenters. The van der Waals surface area contributed by atoms with Crippen LogP contribution in [0.3, 0.4) is 0 Å². The molecule has 1 aromatic carbocycles. The quantitative estimate of drug-likeness (QED) is 0.230. The largest absolute Gasteiger partial charge is 0.405 e. The molecular weight excluding hydrogens is 361 g/mol. The third-order valence-electron chi connectivity index (χ3n) is 5.95. The minimum absolute atomic E-state index is 0.0808. The average molecular weight is 404 g/mol. The van der Waals surface area contributed by atoms with Crippen molar-refractivity contribution in [2.45, 2.75) is 104 Å². The van der Waals surface area contributed by atoms with Crippen LogP contribution in [0.1, 0.15) is 108 Å². The summed E-state index contributed by atoms with van der Waals surface area (Å²) in [7, 11) is 0. The fraction of sp³-hybridized carbons (Fsp3) is 0.654. The Hall–Kier alpha value is -1.64. The van der Waals surface area contributed by atoms with Crippen LogP contribution in [0.15, 0.2) is 30.0 Å². The first-order chi connectivity index (χ1) is 14.1. The zero-order valence-corrected chi connectivity index (χ0v) is 18.9. The predicted octanol–water partition coefficient (Wildman–Crippen LogP) is 7.46. The van der Waals surface area contributed by atoms with Crippen LogP contribution < -0.4 is 5.73 Å². The molecule has 0 amide bonds. The van der Waals surface area contributed by atoms with E-state index >= 15 is 0 Å². The maximum atomic E-state index is 14.3. The van der Waals surface area contributed by atoms with Gasteiger partial charge in [-0.05, 0) is 73.4 Å². The second-order valence-corrected chi connectivity index (χ2v) is 8.49.